The van der Waals surface area contributed by atoms with Gasteiger partial charge in [-0.05, 0) is 17.4 Å². The fourth-order valence-corrected chi connectivity index (χ4v) is 1.98. The van der Waals surface area contributed by atoms with Crippen molar-refractivity contribution in [2.45, 2.75) is 26.7 Å². The Morgan fingerprint density at radius 2 is 1.80 bits per heavy atom. The van der Waals surface area contributed by atoms with Gasteiger partial charge >= 0.3 is 0 Å². The highest BCUT2D eigenvalue weighted by molar-refractivity contribution is 6.21. The molecule has 1 aliphatic carbocycles. The molecule has 0 N–H and O–H groups in total. The number of carbonyl (C=O) groups excluding carboxylic acids is 1. The number of benzene rings is 1. The molecule has 78 valence electrons. The highest BCUT2D eigenvalue weighted by Crippen LogP contribution is 2.35. The summed E-state index contributed by atoms with van der Waals surface area (Å²) in [5, 5.41) is 0. The van der Waals surface area contributed by atoms with E-state index in [2.05, 4.69) is 19.9 Å². The van der Waals surface area contributed by atoms with E-state index in [1.54, 1.807) is 0 Å². The highest BCUT2D eigenvalue weighted by Gasteiger charge is 2.26. The van der Waals surface area contributed by atoms with Gasteiger partial charge in [-0.3, -0.25) is 4.79 Å². The fourth-order valence-electron chi connectivity index (χ4n) is 1.98. The monoisotopic (exact) mass is 200 g/mol. The van der Waals surface area contributed by atoms with Gasteiger partial charge in [0.25, 0.3) is 0 Å². The molecule has 15 heavy (non-hydrogen) atoms. The topological polar surface area (TPSA) is 17.1 Å². The lowest BCUT2D eigenvalue weighted by Gasteiger charge is -2.26. The number of Topliss-reactive ketones (excluding diaryl/α,β-unsaturated/α-hetero) is 1. The van der Waals surface area contributed by atoms with Gasteiger partial charge in [-0.1, -0.05) is 50.3 Å². The van der Waals surface area contributed by atoms with Crippen LogP contribution in [0.2, 0.25) is 0 Å². The summed E-state index contributed by atoms with van der Waals surface area (Å²) in [5.74, 6) is 0.278. The van der Waals surface area contributed by atoms with Crippen molar-refractivity contribution >= 4 is 11.4 Å². The van der Waals surface area contributed by atoms with Crippen molar-refractivity contribution in [1.29, 1.82) is 0 Å². The Labute approximate surface area is 90.8 Å². The molecule has 0 fully saturated rings. The maximum atomic E-state index is 11.8. The zero-order valence-corrected chi connectivity index (χ0v) is 9.29. The quantitative estimate of drug-likeness (QED) is 0.678. The molecule has 0 atom stereocenters. The minimum absolute atomic E-state index is 0.152. The molecule has 0 saturated heterocycles. The van der Waals surface area contributed by atoms with Gasteiger partial charge in [-0.25, -0.2) is 0 Å². The number of carbonyl (C=O) groups is 1. The molecule has 1 aromatic rings. The Bertz CT molecular complexity index is 399. The fraction of sp³-hybridized carbons (Fsp3) is 0.357. The van der Waals surface area contributed by atoms with E-state index in [-0.39, 0.29) is 11.2 Å². The largest absolute Gasteiger partial charge is 0.294 e. The van der Waals surface area contributed by atoms with Crippen LogP contribution in [0.3, 0.4) is 0 Å². The predicted molar refractivity (Wildman–Crippen MR) is 62.4 cm³/mol. The normalized spacial score (nSPS) is 19.9. The third-order valence-corrected chi connectivity index (χ3v) is 2.92. The Hall–Kier alpha value is -1.37. The van der Waals surface area contributed by atoms with Gasteiger partial charge in [0.05, 0.1) is 0 Å². The Kier molecular flexibility index (Phi) is 2.47. The molecule has 0 aliphatic heterocycles. The zero-order chi connectivity index (χ0) is 10.9. The van der Waals surface area contributed by atoms with E-state index in [0.717, 1.165) is 17.6 Å². The maximum absolute atomic E-state index is 11.8. The van der Waals surface area contributed by atoms with Crippen LogP contribution < -0.4 is 0 Å². The van der Waals surface area contributed by atoms with Crippen molar-refractivity contribution in [3.63, 3.8) is 0 Å². The number of rotatable bonds is 1. The summed E-state index contributed by atoms with van der Waals surface area (Å²) in [6.07, 6.45) is 3.75. The smallest absolute Gasteiger partial charge is 0.163 e. The van der Waals surface area contributed by atoms with Gasteiger partial charge in [0.15, 0.2) is 5.78 Å². The Morgan fingerprint density at radius 3 is 2.47 bits per heavy atom. The average molecular weight is 200 g/mol. The van der Waals surface area contributed by atoms with Crippen LogP contribution in [-0.2, 0) is 4.79 Å². The molecule has 0 bridgehead atoms. The molecule has 1 aliphatic rings. The average Bonchev–Trinajstić information content (AvgIpc) is 2.23. The summed E-state index contributed by atoms with van der Waals surface area (Å²) in [6.45, 7) is 4.37. The first-order valence-corrected chi connectivity index (χ1v) is 5.40. The molecule has 0 spiro atoms. The Balaban J connectivity index is 2.43. The molecule has 0 aromatic heterocycles. The molecule has 0 radical (unpaired) electrons. The molecular formula is C14H16O. The van der Waals surface area contributed by atoms with E-state index in [9.17, 15) is 4.79 Å². The molecular weight excluding hydrogens is 184 g/mol. The van der Waals surface area contributed by atoms with Crippen molar-refractivity contribution in [2.24, 2.45) is 5.41 Å². The summed E-state index contributed by atoms with van der Waals surface area (Å²) in [4.78, 5) is 11.8. The standard InChI is InChI=1S/C14H16O/c1-14(2)9-8-13(15)12(10-14)11-6-4-3-5-7-11/h3-7,10H,8-9H2,1-2H3. The number of allylic oxidation sites excluding steroid dienone is 2. The maximum Gasteiger partial charge on any atom is 0.163 e. The minimum Gasteiger partial charge on any atom is -0.294 e. The summed E-state index contributed by atoms with van der Waals surface area (Å²) < 4.78 is 0. The van der Waals surface area contributed by atoms with Crippen molar-refractivity contribution in [3.8, 4) is 0 Å². The lowest BCUT2D eigenvalue weighted by Crippen LogP contribution is -2.19. The third-order valence-electron chi connectivity index (χ3n) is 2.92. The van der Waals surface area contributed by atoms with Crippen LogP contribution in [0.25, 0.3) is 5.57 Å². The molecule has 0 heterocycles. The SMILES string of the molecule is CC1(C)C=C(c2ccccc2)C(=O)CC1. The molecule has 1 heteroatoms. The van der Waals surface area contributed by atoms with Crippen LogP contribution in [0.15, 0.2) is 36.4 Å². The second kappa shape index (κ2) is 3.65. The van der Waals surface area contributed by atoms with Crippen molar-refractivity contribution in [3.05, 3.63) is 42.0 Å². The molecule has 0 unspecified atom stereocenters. The summed E-state index contributed by atoms with van der Waals surface area (Å²) in [7, 11) is 0. The van der Waals surface area contributed by atoms with Crippen LogP contribution in [0, 0.1) is 5.41 Å². The van der Waals surface area contributed by atoms with E-state index in [1.807, 2.05) is 30.3 Å². The van der Waals surface area contributed by atoms with Crippen LogP contribution in [-0.4, -0.2) is 5.78 Å². The highest BCUT2D eigenvalue weighted by atomic mass is 16.1. The van der Waals surface area contributed by atoms with E-state index in [4.69, 9.17) is 0 Å². The minimum atomic E-state index is 0.152. The summed E-state index contributed by atoms with van der Waals surface area (Å²) in [5.41, 5.74) is 2.10. The second-order valence-corrected chi connectivity index (χ2v) is 4.84. The van der Waals surface area contributed by atoms with Crippen LogP contribution in [0.4, 0.5) is 0 Å². The molecule has 2 rings (SSSR count). The first-order chi connectivity index (χ1) is 7.08. The predicted octanol–water partition coefficient (Wildman–Crippen LogP) is 3.46. The summed E-state index contributed by atoms with van der Waals surface area (Å²) in [6, 6.07) is 9.94. The molecule has 1 nitrogen and oxygen atoms in total. The molecule has 1 aromatic carbocycles. The van der Waals surface area contributed by atoms with Gasteiger partial charge in [-0.15, -0.1) is 0 Å². The van der Waals surface area contributed by atoms with Gasteiger partial charge < -0.3 is 0 Å². The van der Waals surface area contributed by atoms with Gasteiger partial charge in [0, 0.05) is 12.0 Å². The van der Waals surface area contributed by atoms with Crippen LogP contribution >= 0.6 is 0 Å². The van der Waals surface area contributed by atoms with E-state index in [0.29, 0.717) is 6.42 Å². The number of hydrogen-bond acceptors (Lipinski definition) is 1. The number of ketones is 1. The van der Waals surface area contributed by atoms with Crippen molar-refractivity contribution < 1.29 is 4.79 Å². The van der Waals surface area contributed by atoms with E-state index < -0.39 is 0 Å². The second-order valence-electron chi connectivity index (χ2n) is 4.84. The van der Waals surface area contributed by atoms with Gasteiger partial charge in [-0.2, -0.15) is 0 Å². The lowest BCUT2D eigenvalue weighted by atomic mass is 9.77. The lowest BCUT2D eigenvalue weighted by molar-refractivity contribution is -0.114. The third kappa shape index (κ3) is 2.17. The van der Waals surface area contributed by atoms with E-state index in [1.165, 1.54) is 0 Å². The van der Waals surface area contributed by atoms with Crippen LogP contribution in [0.1, 0.15) is 32.3 Å². The number of hydrogen-bond donors (Lipinski definition) is 0. The first-order valence-electron chi connectivity index (χ1n) is 5.40. The zero-order valence-electron chi connectivity index (χ0n) is 9.29. The molecule has 0 saturated carbocycles. The van der Waals surface area contributed by atoms with Gasteiger partial charge in [0.2, 0.25) is 0 Å². The first kappa shape index (κ1) is 10.2. The van der Waals surface area contributed by atoms with E-state index >= 15 is 0 Å². The van der Waals surface area contributed by atoms with Crippen molar-refractivity contribution in [2.75, 3.05) is 0 Å². The molecule has 0 amide bonds. The van der Waals surface area contributed by atoms with Crippen LogP contribution in [0.5, 0.6) is 0 Å². The van der Waals surface area contributed by atoms with Gasteiger partial charge in [0.1, 0.15) is 0 Å². The van der Waals surface area contributed by atoms with Crippen molar-refractivity contribution in [1.82, 2.24) is 0 Å². The summed E-state index contributed by atoms with van der Waals surface area (Å²) >= 11 is 0. The Morgan fingerprint density at radius 1 is 1.13 bits per heavy atom.